The van der Waals surface area contributed by atoms with Crippen molar-refractivity contribution >= 4 is 17.6 Å². The standard InChI is InChI=1S/C6H12O3S/c1-2-4(7)6(9)5(8)3-10/h3-9H,2H2,1H3. The maximum Gasteiger partial charge on any atom is 0.111 e. The zero-order valence-electron chi connectivity index (χ0n) is 5.77. The van der Waals surface area contributed by atoms with Gasteiger partial charge < -0.3 is 15.3 Å². The van der Waals surface area contributed by atoms with Crippen LogP contribution in [0.5, 0.6) is 0 Å². The molecule has 0 amide bonds. The van der Waals surface area contributed by atoms with E-state index in [-0.39, 0.29) is 0 Å². The summed E-state index contributed by atoms with van der Waals surface area (Å²) in [5, 5.41) is 27.8. The predicted octanol–water partition coefficient (Wildman–Crippen LogP) is -0.521. The largest absolute Gasteiger partial charge is 0.390 e. The van der Waals surface area contributed by atoms with E-state index in [9.17, 15) is 0 Å². The molecule has 3 nitrogen and oxygen atoms in total. The molecule has 0 aliphatic heterocycles. The molecule has 0 heterocycles. The second kappa shape index (κ2) is 4.73. The topological polar surface area (TPSA) is 60.7 Å². The van der Waals surface area contributed by atoms with Gasteiger partial charge in [0.1, 0.15) is 12.2 Å². The fraction of sp³-hybridized carbons (Fsp3) is 0.833. The maximum absolute atomic E-state index is 8.99. The predicted molar refractivity (Wildman–Crippen MR) is 42.0 cm³/mol. The quantitative estimate of drug-likeness (QED) is 0.489. The second-order valence-electron chi connectivity index (χ2n) is 2.09. The van der Waals surface area contributed by atoms with Gasteiger partial charge in [0.05, 0.1) is 6.10 Å². The van der Waals surface area contributed by atoms with Crippen LogP contribution in [0.3, 0.4) is 0 Å². The van der Waals surface area contributed by atoms with Crippen molar-refractivity contribution in [2.75, 3.05) is 0 Å². The van der Waals surface area contributed by atoms with Crippen molar-refractivity contribution in [1.29, 1.82) is 0 Å². The van der Waals surface area contributed by atoms with Gasteiger partial charge in [-0.2, -0.15) is 0 Å². The molecule has 3 unspecified atom stereocenters. The van der Waals surface area contributed by atoms with Gasteiger partial charge in [-0.3, -0.25) is 0 Å². The number of rotatable bonds is 4. The smallest absolute Gasteiger partial charge is 0.111 e. The van der Waals surface area contributed by atoms with Gasteiger partial charge in [0.2, 0.25) is 0 Å². The van der Waals surface area contributed by atoms with Crippen LogP contribution < -0.4 is 0 Å². The number of thiocarbonyl (C=S) groups is 1. The molecule has 0 rings (SSSR count). The molecule has 3 N–H and O–H groups in total. The molecule has 0 radical (unpaired) electrons. The number of aliphatic hydroxyl groups excluding tert-OH is 3. The van der Waals surface area contributed by atoms with Crippen LogP contribution in [-0.4, -0.2) is 39.0 Å². The zero-order valence-corrected chi connectivity index (χ0v) is 6.58. The van der Waals surface area contributed by atoms with Gasteiger partial charge in [-0.1, -0.05) is 19.1 Å². The molecule has 0 saturated carbocycles. The lowest BCUT2D eigenvalue weighted by Gasteiger charge is -2.18. The van der Waals surface area contributed by atoms with E-state index in [1.807, 2.05) is 0 Å². The van der Waals surface area contributed by atoms with E-state index in [1.165, 1.54) is 0 Å². The van der Waals surface area contributed by atoms with Gasteiger partial charge >= 0.3 is 0 Å². The first-order valence-electron chi connectivity index (χ1n) is 3.13. The minimum atomic E-state index is -1.15. The van der Waals surface area contributed by atoms with Crippen molar-refractivity contribution in [2.45, 2.75) is 31.7 Å². The van der Waals surface area contributed by atoms with E-state index < -0.39 is 18.3 Å². The summed E-state index contributed by atoms with van der Waals surface area (Å²) in [7, 11) is 0. The minimum Gasteiger partial charge on any atom is -0.390 e. The average Bonchev–Trinajstić information content (AvgIpc) is 2.00. The summed E-state index contributed by atoms with van der Waals surface area (Å²) in [4.78, 5) is 0. The summed E-state index contributed by atoms with van der Waals surface area (Å²) in [5.74, 6) is 0. The van der Waals surface area contributed by atoms with Gasteiger partial charge in [-0.15, -0.1) is 0 Å². The first-order chi connectivity index (χ1) is 4.63. The van der Waals surface area contributed by atoms with Crippen molar-refractivity contribution in [3.8, 4) is 0 Å². The van der Waals surface area contributed by atoms with Crippen LogP contribution in [0.4, 0.5) is 0 Å². The lowest BCUT2D eigenvalue weighted by atomic mass is 10.1. The third-order valence-corrected chi connectivity index (χ3v) is 1.58. The number of hydrogen-bond acceptors (Lipinski definition) is 4. The van der Waals surface area contributed by atoms with Gasteiger partial charge in [-0.25, -0.2) is 0 Å². The van der Waals surface area contributed by atoms with E-state index in [0.717, 1.165) is 5.37 Å². The van der Waals surface area contributed by atoms with Crippen LogP contribution in [0.15, 0.2) is 0 Å². The summed E-state index contributed by atoms with van der Waals surface area (Å²) >= 11 is 4.37. The molecule has 0 bridgehead atoms. The van der Waals surface area contributed by atoms with Gasteiger partial charge in [0.15, 0.2) is 0 Å². The molecule has 0 aromatic heterocycles. The molecule has 0 aliphatic carbocycles. The lowest BCUT2D eigenvalue weighted by Crippen LogP contribution is -2.37. The summed E-state index contributed by atoms with van der Waals surface area (Å²) in [5.41, 5.74) is 0. The van der Waals surface area contributed by atoms with Crippen LogP contribution in [0.25, 0.3) is 0 Å². The Kier molecular flexibility index (Phi) is 4.72. The summed E-state index contributed by atoms with van der Waals surface area (Å²) in [6.07, 6.45) is -2.75. The van der Waals surface area contributed by atoms with E-state index in [2.05, 4.69) is 12.2 Å². The van der Waals surface area contributed by atoms with Gasteiger partial charge in [0, 0.05) is 5.37 Å². The van der Waals surface area contributed by atoms with Crippen LogP contribution in [0.2, 0.25) is 0 Å². The Labute approximate surface area is 65.3 Å². The average molecular weight is 164 g/mol. The van der Waals surface area contributed by atoms with E-state index in [0.29, 0.717) is 6.42 Å². The van der Waals surface area contributed by atoms with Gasteiger partial charge in [0.25, 0.3) is 0 Å². The monoisotopic (exact) mass is 164 g/mol. The molecule has 60 valence electrons. The van der Waals surface area contributed by atoms with Crippen LogP contribution >= 0.6 is 12.2 Å². The summed E-state index contributed by atoms with van der Waals surface area (Å²) in [6, 6.07) is 0. The lowest BCUT2D eigenvalue weighted by molar-refractivity contribution is -0.0331. The molecule has 10 heavy (non-hydrogen) atoms. The molecule has 0 spiro atoms. The molecule has 4 heteroatoms. The Hall–Kier alpha value is -0.0300. The van der Waals surface area contributed by atoms with E-state index in [1.54, 1.807) is 6.92 Å². The molecule has 0 fully saturated rings. The Morgan fingerprint density at radius 2 is 1.90 bits per heavy atom. The van der Waals surface area contributed by atoms with E-state index in [4.69, 9.17) is 15.3 Å². The zero-order chi connectivity index (χ0) is 8.15. The normalized spacial score (nSPS) is 19.6. The Bertz CT molecular complexity index is 107. The Morgan fingerprint density at radius 1 is 1.40 bits per heavy atom. The molecule has 0 aromatic rings. The van der Waals surface area contributed by atoms with Crippen LogP contribution in [0, 0.1) is 0 Å². The van der Waals surface area contributed by atoms with Crippen LogP contribution in [0.1, 0.15) is 13.3 Å². The van der Waals surface area contributed by atoms with Gasteiger partial charge in [-0.05, 0) is 6.42 Å². The number of hydrogen-bond donors (Lipinski definition) is 3. The Morgan fingerprint density at radius 3 is 2.20 bits per heavy atom. The molecule has 0 saturated heterocycles. The molecular formula is C6H12O3S. The highest BCUT2D eigenvalue weighted by atomic mass is 32.1. The first kappa shape index (κ1) is 9.97. The van der Waals surface area contributed by atoms with Crippen molar-refractivity contribution in [1.82, 2.24) is 0 Å². The molecule has 0 aromatic carbocycles. The van der Waals surface area contributed by atoms with Crippen molar-refractivity contribution in [3.63, 3.8) is 0 Å². The highest BCUT2D eigenvalue weighted by molar-refractivity contribution is 7.79. The minimum absolute atomic E-state index is 0.404. The molecule has 0 aliphatic rings. The third-order valence-electron chi connectivity index (χ3n) is 1.30. The summed E-state index contributed by atoms with van der Waals surface area (Å²) < 4.78 is 0. The highest BCUT2D eigenvalue weighted by Gasteiger charge is 2.20. The highest BCUT2D eigenvalue weighted by Crippen LogP contribution is 2.01. The summed E-state index contributed by atoms with van der Waals surface area (Å²) in [6.45, 7) is 1.71. The van der Waals surface area contributed by atoms with Crippen molar-refractivity contribution in [3.05, 3.63) is 0 Å². The second-order valence-corrected chi connectivity index (χ2v) is 2.37. The van der Waals surface area contributed by atoms with Crippen molar-refractivity contribution < 1.29 is 15.3 Å². The fourth-order valence-electron chi connectivity index (χ4n) is 0.550. The van der Waals surface area contributed by atoms with Crippen LogP contribution in [-0.2, 0) is 0 Å². The Balaban J connectivity index is 3.80. The van der Waals surface area contributed by atoms with E-state index >= 15 is 0 Å². The fourth-order valence-corrected chi connectivity index (χ4v) is 0.711. The maximum atomic E-state index is 8.99. The number of aliphatic hydroxyl groups is 3. The molecule has 3 atom stereocenters. The van der Waals surface area contributed by atoms with Crippen molar-refractivity contribution in [2.24, 2.45) is 0 Å². The SMILES string of the molecule is CCC(O)C(O)C(O)C=S. The molecular weight excluding hydrogens is 152 g/mol. The first-order valence-corrected chi connectivity index (χ1v) is 3.60. The third kappa shape index (κ3) is 2.70.